The average Bonchev–Trinajstić information content (AvgIpc) is 3.30. The highest BCUT2D eigenvalue weighted by Gasteiger charge is 2.29. The summed E-state index contributed by atoms with van der Waals surface area (Å²) < 4.78 is 56.1. The van der Waals surface area contributed by atoms with E-state index in [4.69, 9.17) is 47.4 Å². The van der Waals surface area contributed by atoms with Crippen molar-refractivity contribution in [1.29, 1.82) is 0 Å². The number of rotatable bonds is 26. The van der Waals surface area contributed by atoms with Gasteiger partial charge < -0.3 is 47.4 Å². The molecule has 0 spiro atoms. The zero-order valence-corrected chi connectivity index (χ0v) is 34.6. The van der Waals surface area contributed by atoms with E-state index in [2.05, 4.69) is 13.2 Å². The van der Waals surface area contributed by atoms with Crippen LogP contribution in [0, 0.1) is 0 Å². The topological polar surface area (TPSA) is 161 Å². The van der Waals surface area contributed by atoms with Crippen molar-refractivity contribution in [2.45, 2.75) is 64.3 Å². The zero-order chi connectivity index (χ0) is 43.8. The second-order valence-electron chi connectivity index (χ2n) is 13.8. The van der Waals surface area contributed by atoms with Crippen LogP contribution in [0.5, 0.6) is 23.0 Å². The van der Waals surface area contributed by atoms with Gasteiger partial charge in [-0.25, -0.2) is 19.2 Å². The maximum Gasteiger partial charge on any atom is 0.343 e. The molecule has 4 aromatic carbocycles. The summed E-state index contributed by atoms with van der Waals surface area (Å²) in [6.07, 6.45) is 5.49. The molecule has 14 heteroatoms. The van der Waals surface area contributed by atoms with Crippen LogP contribution >= 0.6 is 0 Å². The van der Waals surface area contributed by atoms with Crippen molar-refractivity contribution in [3.8, 4) is 23.0 Å². The molecule has 62 heavy (non-hydrogen) atoms. The second kappa shape index (κ2) is 26.1. The van der Waals surface area contributed by atoms with E-state index in [1.807, 2.05) is 0 Å². The standard InChI is InChI=1S/C48H52O14/c1-3-43(49)55-29-9-5-7-27-53-39-23-15-37(16-24-39)45(51)61-41-19-11-35(12-20-41)33-59-47-48(58-32-31-57-47)60-34-36-13-21-42(22-14-36)62-46(52)38-17-25-40(26-18-38)54-28-8-6-10-30-56-44(50)4-2/h3-4,11-26,47-48H,1-2,5-10,27-34H2/t47-,48-/m1/s1. The van der Waals surface area contributed by atoms with E-state index in [0.29, 0.717) is 73.8 Å². The highest BCUT2D eigenvalue weighted by atomic mass is 16.8. The SMILES string of the molecule is C=CC(=O)OCCCCCOc1ccc(C(=O)Oc2ccc(CO[C@H]3OCCO[C@@H]3OCc3ccc(OC(=O)c4ccc(OCCCCCOC(=O)C=C)cc4)cc3)cc2)cc1. The molecule has 0 N–H and O–H groups in total. The molecule has 0 aromatic heterocycles. The molecule has 5 rings (SSSR count). The number of carbonyl (C=O) groups is 4. The molecule has 1 aliphatic rings. The van der Waals surface area contributed by atoms with Crippen molar-refractivity contribution in [2.24, 2.45) is 0 Å². The Labute approximate surface area is 361 Å². The van der Waals surface area contributed by atoms with Gasteiger partial charge in [-0.05, 0) is 122 Å². The first-order chi connectivity index (χ1) is 30.3. The summed E-state index contributed by atoms with van der Waals surface area (Å²) in [5.74, 6) is 0.178. The lowest BCUT2D eigenvalue weighted by Crippen LogP contribution is -2.41. The molecule has 1 saturated heterocycles. The predicted molar refractivity (Wildman–Crippen MR) is 226 cm³/mol. The Hall–Kier alpha value is -6.32. The Kier molecular flexibility index (Phi) is 19.7. The molecular weight excluding hydrogens is 801 g/mol. The number of hydrogen-bond acceptors (Lipinski definition) is 14. The molecule has 1 fully saturated rings. The van der Waals surface area contributed by atoms with Gasteiger partial charge in [0.25, 0.3) is 0 Å². The van der Waals surface area contributed by atoms with Crippen LogP contribution in [0.1, 0.15) is 70.4 Å². The molecular formula is C48H52O14. The van der Waals surface area contributed by atoms with Crippen LogP contribution in [0.4, 0.5) is 0 Å². The molecule has 14 nitrogen and oxygen atoms in total. The number of hydrogen-bond donors (Lipinski definition) is 0. The number of carbonyl (C=O) groups excluding carboxylic acids is 4. The van der Waals surface area contributed by atoms with E-state index >= 15 is 0 Å². The molecule has 1 aliphatic heterocycles. The predicted octanol–water partition coefficient (Wildman–Crippen LogP) is 8.11. The van der Waals surface area contributed by atoms with Crippen molar-refractivity contribution in [2.75, 3.05) is 39.6 Å². The molecule has 1 heterocycles. The van der Waals surface area contributed by atoms with Gasteiger partial charge in [0.05, 0.1) is 64.0 Å². The first kappa shape index (κ1) is 46.7. The van der Waals surface area contributed by atoms with Crippen molar-refractivity contribution in [1.82, 2.24) is 0 Å². The fourth-order valence-electron chi connectivity index (χ4n) is 5.71. The molecule has 0 unspecified atom stereocenters. The fourth-order valence-corrected chi connectivity index (χ4v) is 5.71. The van der Waals surface area contributed by atoms with Crippen molar-refractivity contribution < 1.29 is 66.5 Å². The van der Waals surface area contributed by atoms with Crippen LogP contribution in [0.2, 0.25) is 0 Å². The summed E-state index contributed by atoms with van der Waals surface area (Å²) in [6, 6.07) is 27.4. The third kappa shape index (κ3) is 16.6. The Bertz CT molecular complexity index is 1860. The number of ether oxygens (including phenoxy) is 10. The van der Waals surface area contributed by atoms with Crippen LogP contribution in [0.15, 0.2) is 122 Å². The summed E-state index contributed by atoms with van der Waals surface area (Å²) in [5.41, 5.74) is 2.40. The Morgan fingerprint density at radius 3 is 1.21 bits per heavy atom. The van der Waals surface area contributed by atoms with E-state index in [0.717, 1.165) is 61.8 Å². The van der Waals surface area contributed by atoms with E-state index in [9.17, 15) is 19.2 Å². The lowest BCUT2D eigenvalue weighted by Gasteiger charge is -2.31. The van der Waals surface area contributed by atoms with Gasteiger partial charge in [0.1, 0.15) is 23.0 Å². The molecule has 0 bridgehead atoms. The van der Waals surface area contributed by atoms with E-state index in [-0.39, 0.29) is 13.2 Å². The van der Waals surface area contributed by atoms with Gasteiger partial charge in [-0.1, -0.05) is 37.4 Å². The van der Waals surface area contributed by atoms with Crippen LogP contribution in [0.25, 0.3) is 0 Å². The number of unbranched alkanes of at least 4 members (excludes halogenated alkanes) is 4. The average molecular weight is 853 g/mol. The highest BCUT2D eigenvalue weighted by Crippen LogP contribution is 2.22. The summed E-state index contributed by atoms with van der Waals surface area (Å²) in [4.78, 5) is 47.6. The molecule has 328 valence electrons. The summed E-state index contributed by atoms with van der Waals surface area (Å²) in [7, 11) is 0. The molecule has 0 amide bonds. The fraction of sp³-hybridized carbons (Fsp3) is 0.333. The number of esters is 4. The van der Waals surface area contributed by atoms with Gasteiger partial charge in [-0.15, -0.1) is 0 Å². The van der Waals surface area contributed by atoms with Crippen LogP contribution in [-0.4, -0.2) is 76.1 Å². The smallest absolute Gasteiger partial charge is 0.343 e. The largest absolute Gasteiger partial charge is 0.494 e. The minimum Gasteiger partial charge on any atom is -0.494 e. The van der Waals surface area contributed by atoms with Crippen LogP contribution < -0.4 is 18.9 Å². The van der Waals surface area contributed by atoms with Crippen LogP contribution in [-0.2, 0) is 51.2 Å². The Balaban J connectivity index is 0.970. The third-order valence-electron chi connectivity index (χ3n) is 9.08. The molecule has 0 saturated carbocycles. The van der Waals surface area contributed by atoms with Crippen molar-refractivity contribution in [3.63, 3.8) is 0 Å². The third-order valence-corrected chi connectivity index (χ3v) is 9.08. The quantitative estimate of drug-likeness (QED) is 0.0258. The lowest BCUT2D eigenvalue weighted by molar-refractivity contribution is -0.326. The first-order valence-corrected chi connectivity index (χ1v) is 20.4. The molecule has 4 aromatic rings. The Morgan fingerprint density at radius 2 is 0.839 bits per heavy atom. The number of benzene rings is 4. The molecule has 0 aliphatic carbocycles. The van der Waals surface area contributed by atoms with Gasteiger partial charge in [0.15, 0.2) is 0 Å². The van der Waals surface area contributed by atoms with Crippen molar-refractivity contribution in [3.05, 3.63) is 145 Å². The summed E-state index contributed by atoms with van der Waals surface area (Å²) in [6.45, 7) is 9.51. The van der Waals surface area contributed by atoms with Gasteiger partial charge in [0.2, 0.25) is 12.6 Å². The highest BCUT2D eigenvalue weighted by molar-refractivity contribution is 5.91. The van der Waals surface area contributed by atoms with Crippen molar-refractivity contribution >= 4 is 23.9 Å². The van der Waals surface area contributed by atoms with Gasteiger partial charge in [-0.2, -0.15) is 0 Å². The molecule has 0 radical (unpaired) electrons. The zero-order valence-electron chi connectivity index (χ0n) is 34.6. The van der Waals surface area contributed by atoms with E-state index in [1.54, 1.807) is 97.1 Å². The van der Waals surface area contributed by atoms with E-state index in [1.165, 1.54) is 0 Å². The lowest BCUT2D eigenvalue weighted by atomic mass is 10.2. The monoisotopic (exact) mass is 852 g/mol. The van der Waals surface area contributed by atoms with E-state index < -0.39 is 36.5 Å². The summed E-state index contributed by atoms with van der Waals surface area (Å²) >= 11 is 0. The first-order valence-electron chi connectivity index (χ1n) is 20.4. The summed E-state index contributed by atoms with van der Waals surface area (Å²) in [5, 5.41) is 0. The van der Waals surface area contributed by atoms with Gasteiger partial charge in [0, 0.05) is 12.2 Å². The Morgan fingerprint density at radius 1 is 0.484 bits per heavy atom. The second-order valence-corrected chi connectivity index (χ2v) is 13.8. The minimum absolute atomic E-state index is 0.195. The van der Waals surface area contributed by atoms with Crippen LogP contribution in [0.3, 0.4) is 0 Å². The molecule has 2 atom stereocenters. The maximum absolute atomic E-state index is 12.8. The normalized spacial score (nSPS) is 14.5. The van der Waals surface area contributed by atoms with Gasteiger partial charge in [-0.3, -0.25) is 0 Å². The minimum atomic E-state index is -0.778. The maximum atomic E-state index is 12.8. The van der Waals surface area contributed by atoms with Gasteiger partial charge >= 0.3 is 23.9 Å².